The monoisotopic (exact) mass is 863 g/mol. The highest BCUT2D eigenvalue weighted by Gasteiger charge is 2.22. The molecule has 10 heteroatoms. The van der Waals surface area contributed by atoms with E-state index in [2.05, 4.69) is 61.8 Å². The quantitative estimate of drug-likeness (QED) is 0.0180. The number of rotatable bonds is 42. The molecule has 0 fully saturated rings. The molecule has 0 spiro atoms. The SMILES string of the molecule is CC/C=C\C/C=C\C/C=C\C/C=C\C=C/C(O)C/C=C\CCC(=O)O[C@H](COC(=O)CCCCCCCCCCCCCCCCCCCCC(C)CC)COP(=O)(O)O. The zero-order valence-corrected chi connectivity index (χ0v) is 39.0. The molecule has 0 saturated heterocycles. The van der Waals surface area contributed by atoms with Crippen LogP contribution in [0.5, 0.6) is 0 Å². The Hall–Kier alpha value is -2.55. The van der Waals surface area contributed by atoms with Crippen molar-refractivity contribution in [2.45, 2.75) is 213 Å². The number of allylic oxidation sites excluding steroid dienone is 10. The minimum Gasteiger partial charge on any atom is -0.462 e. The van der Waals surface area contributed by atoms with Crippen LogP contribution in [0.25, 0.3) is 0 Å². The van der Waals surface area contributed by atoms with Crippen LogP contribution in [0.2, 0.25) is 0 Å². The minimum atomic E-state index is -4.81. The van der Waals surface area contributed by atoms with Crippen molar-refractivity contribution in [3.05, 3.63) is 72.9 Å². The molecule has 0 rings (SSSR count). The van der Waals surface area contributed by atoms with Crippen LogP contribution >= 0.6 is 7.82 Å². The number of esters is 2. The van der Waals surface area contributed by atoms with Crippen molar-refractivity contribution in [1.29, 1.82) is 0 Å². The average molecular weight is 863 g/mol. The third kappa shape index (κ3) is 45.0. The molecule has 0 heterocycles. The second-order valence-corrected chi connectivity index (χ2v) is 17.4. The minimum absolute atomic E-state index is 0.00377. The lowest BCUT2D eigenvalue weighted by atomic mass is 9.99. The van der Waals surface area contributed by atoms with Gasteiger partial charge in [-0.25, -0.2) is 4.57 Å². The van der Waals surface area contributed by atoms with Crippen LogP contribution in [-0.2, 0) is 28.2 Å². The molecule has 0 aliphatic rings. The summed E-state index contributed by atoms with van der Waals surface area (Å²) in [5.74, 6) is -0.171. The molecule has 0 aliphatic carbocycles. The summed E-state index contributed by atoms with van der Waals surface area (Å²) in [6.07, 6.45) is 52.3. The molecule has 2 unspecified atom stereocenters. The number of aliphatic hydroxyl groups excluding tert-OH is 1. The predicted octanol–water partition coefficient (Wildman–Crippen LogP) is 13.8. The van der Waals surface area contributed by atoms with E-state index in [0.717, 1.165) is 50.9 Å². The highest BCUT2D eigenvalue weighted by molar-refractivity contribution is 7.46. The molecular formula is C50H87O9P. The Morgan fingerprint density at radius 3 is 1.60 bits per heavy atom. The second-order valence-electron chi connectivity index (χ2n) is 16.2. The molecule has 0 aromatic carbocycles. The first-order valence-corrected chi connectivity index (χ1v) is 25.3. The molecular weight excluding hydrogens is 776 g/mol. The number of unbranched alkanes of at least 4 members (excludes halogenated alkanes) is 17. The number of hydrogen-bond donors (Lipinski definition) is 3. The van der Waals surface area contributed by atoms with Crippen molar-refractivity contribution < 1.29 is 43.0 Å². The Bertz CT molecular complexity index is 1230. The highest BCUT2D eigenvalue weighted by atomic mass is 31.2. The van der Waals surface area contributed by atoms with Gasteiger partial charge in [-0.3, -0.25) is 14.1 Å². The van der Waals surface area contributed by atoms with Gasteiger partial charge in [0.2, 0.25) is 0 Å². The van der Waals surface area contributed by atoms with E-state index < -0.39 is 38.6 Å². The van der Waals surface area contributed by atoms with Gasteiger partial charge in [0.05, 0.1) is 12.7 Å². The van der Waals surface area contributed by atoms with Crippen molar-refractivity contribution in [2.75, 3.05) is 13.2 Å². The molecule has 0 radical (unpaired) electrons. The normalized spacial score (nSPS) is 14.2. The number of carbonyl (C=O) groups is 2. The highest BCUT2D eigenvalue weighted by Crippen LogP contribution is 2.36. The van der Waals surface area contributed by atoms with Gasteiger partial charge < -0.3 is 24.4 Å². The Morgan fingerprint density at radius 2 is 1.08 bits per heavy atom. The summed E-state index contributed by atoms with van der Waals surface area (Å²) >= 11 is 0. The third-order valence-corrected chi connectivity index (χ3v) is 10.9. The van der Waals surface area contributed by atoms with Crippen LogP contribution in [0.1, 0.15) is 201 Å². The summed E-state index contributed by atoms with van der Waals surface area (Å²) in [5.41, 5.74) is 0. The number of ether oxygens (including phenoxy) is 2. The first kappa shape index (κ1) is 57.4. The van der Waals surface area contributed by atoms with Crippen LogP contribution in [0.4, 0.5) is 0 Å². The standard InChI is InChI=1S/C50H87O9P/c1-4-6-7-8-9-10-11-18-22-25-28-31-35-40-47(51)41-36-33-38-43-50(53)59-48(45-58-60(54,55)56)44-57-49(52)42-37-32-29-26-23-20-17-15-13-12-14-16-19-21-24-27-30-34-39-46(3)5-2/h6-7,9-10,18,22,28,31,33,35-36,40,46-48,51H,4-5,8,11-17,19-21,23-27,29-30,32,34,37-39,41-45H2,1-3H3,(H2,54,55,56)/b7-6-,10-9-,22-18-,31-28-,36-33-,40-35-/t46?,47?,48-/m1/s1. The Morgan fingerprint density at radius 1 is 0.583 bits per heavy atom. The van der Waals surface area contributed by atoms with Gasteiger partial charge in [0.15, 0.2) is 6.10 Å². The largest absolute Gasteiger partial charge is 0.469 e. The van der Waals surface area contributed by atoms with Crippen LogP contribution in [0.15, 0.2) is 72.9 Å². The number of phosphoric ester groups is 1. The Kier molecular flexibility index (Phi) is 41.3. The molecule has 0 amide bonds. The lowest BCUT2D eigenvalue weighted by Crippen LogP contribution is -2.29. The van der Waals surface area contributed by atoms with E-state index in [0.29, 0.717) is 19.3 Å². The van der Waals surface area contributed by atoms with Crippen molar-refractivity contribution in [2.24, 2.45) is 5.92 Å². The Labute approximate surface area is 366 Å². The van der Waals surface area contributed by atoms with Crippen LogP contribution < -0.4 is 0 Å². The molecule has 0 aromatic rings. The summed E-state index contributed by atoms with van der Waals surface area (Å²) < 4.78 is 26.3. The van der Waals surface area contributed by atoms with E-state index >= 15 is 0 Å². The van der Waals surface area contributed by atoms with E-state index in [1.54, 1.807) is 24.3 Å². The van der Waals surface area contributed by atoms with Gasteiger partial charge in [0.1, 0.15) is 6.61 Å². The van der Waals surface area contributed by atoms with Crippen molar-refractivity contribution in [3.8, 4) is 0 Å². The molecule has 9 nitrogen and oxygen atoms in total. The summed E-state index contributed by atoms with van der Waals surface area (Å²) in [6, 6.07) is 0. The first-order chi connectivity index (χ1) is 29.1. The molecule has 0 bridgehead atoms. The van der Waals surface area contributed by atoms with Gasteiger partial charge in [-0.1, -0.05) is 216 Å². The summed E-state index contributed by atoms with van der Waals surface area (Å²) in [6.45, 7) is 5.83. The topological polar surface area (TPSA) is 140 Å². The van der Waals surface area contributed by atoms with Crippen LogP contribution in [-0.4, -0.2) is 52.3 Å². The zero-order valence-electron chi connectivity index (χ0n) is 38.1. The summed E-state index contributed by atoms with van der Waals surface area (Å²) in [7, 11) is -4.81. The third-order valence-electron chi connectivity index (χ3n) is 10.4. The van der Waals surface area contributed by atoms with E-state index in [9.17, 15) is 19.3 Å². The maximum atomic E-state index is 12.4. The summed E-state index contributed by atoms with van der Waals surface area (Å²) in [5, 5.41) is 10.2. The number of carbonyl (C=O) groups excluding carboxylic acids is 2. The molecule has 346 valence electrons. The van der Waals surface area contributed by atoms with E-state index in [-0.39, 0.29) is 19.4 Å². The zero-order chi connectivity index (χ0) is 44.2. The number of phosphoric acid groups is 1. The van der Waals surface area contributed by atoms with Gasteiger partial charge in [-0.15, -0.1) is 0 Å². The molecule has 0 saturated carbocycles. The lowest BCUT2D eigenvalue weighted by molar-refractivity contribution is -0.161. The van der Waals surface area contributed by atoms with Crippen molar-refractivity contribution in [1.82, 2.24) is 0 Å². The Balaban J connectivity index is 4.03. The van der Waals surface area contributed by atoms with Gasteiger partial charge in [0, 0.05) is 12.8 Å². The average Bonchev–Trinajstić information content (AvgIpc) is 3.22. The van der Waals surface area contributed by atoms with Crippen molar-refractivity contribution >= 4 is 19.8 Å². The van der Waals surface area contributed by atoms with E-state index in [1.807, 2.05) is 12.2 Å². The molecule has 0 aromatic heterocycles. The van der Waals surface area contributed by atoms with E-state index in [4.69, 9.17) is 19.3 Å². The summed E-state index contributed by atoms with van der Waals surface area (Å²) in [4.78, 5) is 43.0. The predicted molar refractivity (Wildman–Crippen MR) is 249 cm³/mol. The van der Waals surface area contributed by atoms with Crippen LogP contribution in [0, 0.1) is 5.92 Å². The molecule has 3 atom stereocenters. The fourth-order valence-electron chi connectivity index (χ4n) is 6.46. The number of aliphatic hydroxyl groups is 1. The van der Waals surface area contributed by atoms with Gasteiger partial charge in [0.25, 0.3) is 0 Å². The second kappa shape index (κ2) is 43.1. The fraction of sp³-hybridized carbons (Fsp3) is 0.720. The molecule has 3 N–H and O–H groups in total. The van der Waals surface area contributed by atoms with Gasteiger partial charge in [-0.05, 0) is 50.9 Å². The number of hydrogen-bond acceptors (Lipinski definition) is 7. The smallest absolute Gasteiger partial charge is 0.462 e. The maximum Gasteiger partial charge on any atom is 0.469 e. The molecule has 60 heavy (non-hydrogen) atoms. The van der Waals surface area contributed by atoms with Crippen LogP contribution in [0.3, 0.4) is 0 Å². The first-order valence-electron chi connectivity index (χ1n) is 23.7. The lowest BCUT2D eigenvalue weighted by Gasteiger charge is -2.18. The fourth-order valence-corrected chi connectivity index (χ4v) is 6.82. The maximum absolute atomic E-state index is 12.4. The van der Waals surface area contributed by atoms with Crippen molar-refractivity contribution in [3.63, 3.8) is 0 Å². The molecule has 0 aliphatic heterocycles. The van der Waals surface area contributed by atoms with Gasteiger partial charge in [-0.2, -0.15) is 0 Å². The van der Waals surface area contributed by atoms with E-state index in [1.165, 1.54) is 103 Å². The van der Waals surface area contributed by atoms with Gasteiger partial charge >= 0.3 is 19.8 Å².